The lowest BCUT2D eigenvalue weighted by atomic mass is 9.89. The summed E-state index contributed by atoms with van der Waals surface area (Å²) in [4.78, 5) is 21.0. The maximum Gasteiger partial charge on any atom is 0.244 e. The number of pyridine rings is 1. The van der Waals surface area contributed by atoms with Crippen LogP contribution in [0.25, 0.3) is 0 Å². The number of piperidine rings is 1. The third kappa shape index (κ3) is 5.86. The van der Waals surface area contributed by atoms with E-state index in [-0.39, 0.29) is 28.9 Å². The van der Waals surface area contributed by atoms with E-state index in [1.807, 2.05) is 30.3 Å². The molecule has 1 aromatic carbocycles. The molecule has 0 bridgehead atoms. The second kappa shape index (κ2) is 10.9. The standard InChI is InChI=1S/C26H34N6O3S/c1-26(29-19-25(33)32-14-6-9-22(32)17-27)12-15-31(16-13-26)24-11-10-23(18-28-24)36(34,35)30(2)20-21-7-4-3-5-8-21/h3-5,7-8,10-11,18,22,29H,6,9,12-16,19-20H2,1-2H3/t22-/m0/s1. The van der Waals surface area contributed by atoms with E-state index in [0.717, 1.165) is 50.2 Å². The number of sulfonamides is 1. The summed E-state index contributed by atoms with van der Waals surface area (Å²) in [5.74, 6) is 0.727. The van der Waals surface area contributed by atoms with Crippen molar-refractivity contribution in [1.82, 2.24) is 19.5 Å². The lowest BCUT2D eigenvalue weighted by molar-refractivity contribution is -0.130. The molecule has 9 nitrogen and oxygen atoms in total. The molecule has 1 N–H and O–H groups in total. The predicted octanol–water partition coefficient (Wildman–Crippen LogP) is 2.37. The zero-order chi connectivity index (χ0) is 25.8. The molecule has 10 heteroatoms. The monoisotopic (exact) mass is 510 g/mol. The Kier molecular flexibility index (Phi) is 7.93. The Labute approximate surface area is 213 Å². The Morgan fingerprint density at radius 2 is 1.92 bits per heavy atom. The molecule has 2 aliphatic rings. The van der Waals surface area contributed by atoms with Crippen molar-refractivity contribution in [2.75, 3.05) is 38.1 Å². The van der Waals surface area contributed by atoms with Crippen LogP contribution in [-0.2, 0) is 21.4 Å². The van der Waals surface area contributed by atoms with Gasteiger partial charge in [-0.05, 0) is 50.3 Å². The summed E-state index contributed by atoms with van der Waals surface area (Å²) in [5, 5.41) is 12.6. The summed E-state index contributed by atoms with van der Waals surface area (Å²) in [5.41, 5.74) is 0.738. The number of nitrogens with zero attached hydrogens (tertiary/aromatic N) is 5. The lowest BCUT2D eigenvalue weighted by Gasteiger charge is -2.40. The number of nitrogens with one attached hydrogen (secondary N) is 1. The normalized spacial score (nSPS) is 19.9. The number of hydrogen-bond donors (Lipinski definition) is 1. The van der Waals surface area contributed by atoms with Crippen molar-refractivity contribution in [3.63, 3.8) is 0 Å². The van der Waals surface area contributed by atoms with Gasteiger partial charge < -0.3 is 15.1 Å². The van der Waals surface area contributed by atoms with E-state index in [9.17, 15) is 18.5 Å². The number of anilines is 1. The number of carbonyl (C=O) groups excluding carboxylic acids is 1. The van der Waals surface area contributed by atoms with E-state index in [1.165, 1.54) is 10.5 Å². The van der Waals surface area contributed by atoms with Gasteiger partial charge in [0.25, 0.3) is 0 Å². The molecular weight excluding hydrogens is 476 g/mol. The molecule has 1 aromatic heterocycles. The van der Waals surface area contributed by atoms with Crippen molar-refractivity contribution in [3.8, 4) is 6.07 Å². The number of benzene rings is 1. The highest BCUT2D eigenvalue weighted by molar-refractivity contribution is 7.89. The summed E-state index contributed by atoms with van der Waals surface area (Å²) in [6.45, 7) is 4.79. The number of amides is 1. The van der Waals surface area contributed by atoms with Crippen molar-refractivity contribution >= 4 is 21.7 Å². The van der Waals surface area contributed by atoms with E-state index in [1.54, 1.807) is 24.1 Å². The van der Waals surface area contributed by atoms with Gasteiger partial charge in [-0.2, -0.15) is 9.57 Å². The van der Waals surface area contributed by atoms with E-state index in [0.29, 0.717) is 13.1 Å². The molecule has 1 amide bonds. The van der Waals surface area contributed by atoms with E-state index in [4.69, 9.17) is 0 Å². The van der Waals surface area contributed by atoms with Gasteiger partial charge in [-0.3, -0.25) is 4.79 Å². The summed E-state index contributed by atoms with van der Waals surface area (Å²) in [6.07, 6.45) is 4.71. The second-order valence-corrected chi connectivity index (χ2v) is 11.9. The molecule has 0 radical (unpaired) electrons. The average Bonchev–Trinajstić information content (AvgIpc) is 3.38. The minimum Gasteiger partial charge on any atom is -0.356 e. The fraction of sp³-hybridized carbons (Fsp3) is 0.500. The highest BCUT2D eigenvalue weighted by Crippen LogP contribution is 2.26. The van der Waals surface area contributed by atoms with Crippen LogP contribution in [0, 0.1) is 11.3 Å². The van der Waals surface area contributed by atoms with Crippen LogP contribution >= 0.6 is 0 Å². The first-order valence-electron chi connectivity index (χ1n) is 12.4. The molecule has 2 aliphatic heterocycles. The zero-order valence-electron chi connectivity index (χ0n) is 20.9. The van der Waals surface area contributed by atoms with Gasteiger partial charge in [0, 0.05) is 45.0 Å². The topological polar surface area (TPSA) is 110 Å². The third-order valence-electron chi connectivity index (χ3n) is 7.26. The molecular formula is C26H34N6O3S. The number of hydrogen-bond acceptors (Lipinski definition) is 7. The van der Waals surface area contributed by atoms with Gasteiger partial charge in [-0.1, -0.05) is 30.3 Å². The first-order chi connectivity index (χ1) is 17.2. The Morgan fingerprint density at radius 1 is 1.19 bits per heavy atom. The largest absolute Gasteiger partial charge is 0.356 e. The van der Waals surface area contributed by atoms with Crippen LogP contribution in [0.3, 0.4) is 0 Å². The van der Waals surface area contributed by atoms with Gasteiger partial charge in [0.1, 0.15) is 16.8 Å². The Bertz CT molecular complexity index is 1190. The Morgan fingerprint density at radius 3 is 2.56 bits per heavy atom. The molecule has 4 rings (SSSR count). The van der Waals surface area contributed by atoms with Crippen molar-refractivity contribution in [1.29, 1.82) is 5.26 Å². The number of likely N-dealkylation sites (tertiary alicyclic amines) is 1. The van der Waals surface area contributed by atoms with Crippen molar-refractivity contribution < 1.29 is 13.2 Å². The van der Waals surface area contributed by atoms with Crippen LogP contribution < -0.4 is 10.2 Å². The maximum atomic E-state index is 13.0. The molecule has 36 heavy (non-hydrogen) atoms. The molecule has 0 spiro atoms. The number of aromatic nitrogens is 1. The summed E-state index contributed by atoms with van der Waals surface area (Å²) in [7, 11) is -2.07. The number of carbonyl (C=O) groups is 1. The smallest absolute Gasteiger partial charge is 0.244 e. The molecule has 192 valence electrons. The lowest BCUT2D eigenvalue weighted by Crippen LogP contribution is -2.54. The third-order valence-corrected chi connectivity index (χ3v) is 9.04. The fourth-order valence-corrected chi connectivity index (χ4v) is 5.92. The predicted molar refractivity (Wildman–Crippen MR) is 138 cm³/mol. The number of nitriles is 1. The molecule has 2 saturated heterocycles. The summed E-state index contributed by atoms with van der Waals surface area (Å²) in [6, 6.07) is 14.8. The van der Waals surface area contributed by atoms with Gasteiger partial charge in [0.2, 0.25) is 15.9 Å². The molecule has 0 saturated carbocycles. The van der Waals surface area contributed by atoms with Crippen LogP contribution in [0.4, 0.5) is 5.82 Å². The van der Waals surface area contributed by atoms with Gasteiger partial charge >= 0.3 is 0 Å². The maximum absolute atomic E-state index is 13.0. The number of rotatable bonds is 8. The first kappa shape index (κ1) is 26.1. The van der Waals surface area contributed by atoms with E-state index in [2.05, 4.69) is 28.2 Å². The van der Waals surface area contributed by atoms with Gasteiger partial charge in [0.05, 0.1) is 12.6 Å². The molecule has 3 heterocycles. The second-order valence-electron chi connectivity index (χ2n) is 9.87. The molecule has 2 fully saturated rings. The zero-order valence-corrected chi connectivity index (χ0v) is 21.7. The van der Waals surface area contributed by atoms with Crippen LogP contribution in [0.1, 0.15) is 38.2 Å². The van der Waals surface area contributed by atoms with Crippen LogP contribution in [0.5, 0.6) is 0 Å². The van der Waals surface area contributed by atoms with Crippen LogP contribution in [0.2, 0.25) is 0 Å². The average molecular weight is 511 g/mol. The highest BCUT2D eigenvalue weighted by Gasteiger charge is 2.33. The van der Waals surface area contributed by atoms with Crippen molar-refractivity contribution in [2.45, 2.75) is 55.6 Å². The molecule has 1 atom stereocenters. The minimum atomic E-state index is -3.65. The fourth-order valence-electron chi connectivity index (χ4n) is 4.81. The van der Waals surface area contributed by atoms with Gasteiger partial charge in [0.15, 0.2) is 0 Å². The summed E-state index contributed by atoms with van der Waals surface area (Å²) < 4.78 is 27.3. The molecule has 0 aliphatic carbocycles. The minimum absolute atomic E-state index is 0.0154. The van der Waals surface area contributed by atoms with E-state index >= 15 is 0 Å². The van der Waals surface area contributed by atoms with E-state index < -0.39 is 10.0 Å². The first-order valence-corrected chi connectivity index (χ1v) is 13.8. The van der Waals surface area contributed by atoms with Crippen LogP contribution in [0.15, 0.2) is 53.6 Å². The van der Waals surface area contributed by atoms with Gasteiger partial charge in [-0.25, -0.2) is 13.4 Å². The summed E-state index contributed by atoms with van der Waals surface area (Å²) >= 11 is 0. The highest BCUT2D eigenvalue weighted by atomic mass is 32.2. The molecule has 2 aromatic rings. The quantitative estimate of drug-likeness (QED) is 0.581. The molecule has 0 unspecified atom stereocenters. The van der Waals surface area contributed by atoms with Crippen molar-refractivity contribution in [3.05, 3.63) is 54.2 Å². The Balaban J connectivity index is 1.31. The Hall–Kier alpha value is -3.00. The SMILES string of the molecule is CN(Cc1ccccc1)S(=O)(=O)c1ccc(N2CCC(C)(NCC(=O)N3CCC[C@H]3C#N)CC2)nc1. The van der Waals surface area contributed by atoms with Crippen LogP contribution in [-0.4, -0.2) is 73.3 Å². The van der Waals surface area contributed by atoms with Crippen molar-refractivity contribution in [2.24, 2.45) is 0 Å². The van der Waals surface area contributed by atoms with Gasteiger partial charge in [-0.15, -0.1) is 0 Å².